The summed E-state index contributed by atoms with van der Waals surface area (Å²) >= 11 is 0. The highest BCUT2D eigenvalue weighted by Gasteiger charge is 2.23. The highest BCUT2D eigenvalue weighted by Crippen LogP contribution is 2.38. The number of allylic oxidation sites excluding steroid dienone is 14. The molecule has 0 aromatic heterocycles. The number of hydrogen-bond acceptors (Lipinski definition) is 7. The molecule has 0 aromatic rings. The summed E-state index contributed by atoms with van der Waals surface area (Å²) in [5.41, 5.74) is 0. The summed E-state index contributed by atoms with van der Waals surface area (Å²) in [5.74, 6) is -0.442. The number of amides is 1. The number of unbranched alkanes of at least 4 members (excludes halogenated alkanes) is 7. The van der Waals surface area contributed by atoms with Crippen molar-refractivity contribution >= 4 is 13.7 Å². The predicted molar refractivity (Wildman–Crippen MR) is 225 cm³/mol. The number of rotatable bonds is 34. The van der Waals surface area contributed by atoms with E-state index in [0.717, 1.165) is 44.9 Å². The monoisotopic (exact) mass is 775 g/mol. The predicted octanol–water partition coefficient (Wildman–Crippen LogP) is 9.13. The first-order chi connectivity index (χ1) is 25.9. The maximum atomic E-state index is 12.8. The van der Waals surface area contributed by atoms with Gasteiger partial charge in [0.1, 0.15) is 13.2 Å². The molecule has 0 saturated heterocycles. The van der Waals surface area contributed by atoms with Gasteiger partial charge in [0, 0.05) is 6.42 Å². The van der Waals surface area contributed by atoms with Gasteiger partial charge < -0.3 is 34.0 Å². The molecule has 3 N–H and O–H groups in total. The quantitative estimate of drug-likeness (QED) is 0.0196. The van der Waals surface area contributed by atoms with Gasteiger partial charge in [0.05, 0.1) is 46.0 Å². The van der Waals surface area contributed by atoms with Gasteiger partial charge in [-0.05, 0) is 64.2 Å². The average molecular weight is 775 g/mol. The van der Waals surface area contributed by atoms with Crippen LogP contribution in [-0.2, 0) is 18.4 Å². The zero-order valence-corrected chi connectivity index (χ0v) is 35.1. The third-order valence-corrected chi connectivity index (χ3v) is 9.11. The van der Waals surface area contributed by atoms with Crippen molar-refractivity contribution in [3.8, 4) is 0 Å². The van der Waals surface area contributed by atoms with Gasteiger partial charge in [0.2, 0.25) is 5.91 Å². The summed E-state index contributed by atoms with van der Waals surface area (Å²) in [6.07, 6.45) is 45.0. The summed E-state index contributed by atoms with van der Waals surface area (Å²) in [7, 11) is 1.08. The van der Waals surface area contributed by atoms with Gasteiger partial charge in [0.15, 0.2) is 0 Å². The third-order valence-electron chi connectivity index (χ3n) is 8.15. The average Bonchev–Trinajstić information content (AvgIpc) is 3.12. The lowest BCUT2D eigenvalue weighted by atomic mass is 10.1. The number of carbonyl (C=O) groups excluding carboxylic acids is 1. The van der Waals surface area contributed by atoms with Crippen LogP contribution < -0.4 is 10.2 Å². The molecular formula is C44H75N2O7P. The Kier molecular flexibility index (Phi) is 33.1. The van der Waals surface area contributed by atoms with Crippen molar-refractivity contribution in [1.29, 1.82) is 0 Å². The molecule has 0 aromatic carbocycles. The zero-order chi connectivity index (χ0) is 40.2. The zero-order valence-electron chi connectivity index (χ0n) is 34.2. The van der Waals surface area contributed by atoms with Crippen LogP contribution in [0.5, 0.6) is 0 Å². The highest BCUT2D eigenvalue weighted by atomic mass is 31.2. The molecule has 0 radical (unpaired) electrons. The third kappa shape index (κ3) is 36.4. The van der Waals surface area contributed by atoms with E-state index in [4.69, 9.17) is 9.05 Å². The molecule has 1 amide bonds. The van der Waals surface area contributed by atoms with Gasteiger partial charge in [-0.1, -0.05) is 143 Å². The Morgan fingerprint density at radius 2 is 1.30 bits per heavy atom. The maximum Gasteiger partial charge on any atom is 0.268 e. The smallest absolute Gasteiger partial charge is 0.268 e. The largest absolute Gasteiger partial charge is 0.756 e. The van der Waals surface area contributed by atoms with E-state index in [0.29, 0.717) is 17.4 Å². The number of phosphoric ester groups is 1. The van der Waals surface area contributed by atoms with Crippen LogP contribution in [0.15, 0.2) is 97.2 Å². The first kappa shape index (κ1) is 51.4. The van der Waals surface area contributed by atoms with Crippen LogP contribution in [0.2, 0.25) is 0 Å². The van der Waals surface area contributed by atoms with Crippen LogP contribution in [0.3, 0.4) is 0 Å². The number of quaternary nitrogens is 1. The summed E-state index contributed by atoms with van der Waals surface area (Å²) in [5, 5.41) is 23.9. The molecule has 54 heavy (non-hydrogen) atoms. The van der Waals surface area contributed by atoms with Crippen molar-refractivity contribution in [2.75, 3.05) is 40.9 Å². The number of hydrogen-bond donors (Lipinski definition) is 3. The lowest BCUT2D eigenvalue weighted by Gasteiger charge is -2.29. The minimum absolute atomic E-state index is 0.0253. The first-order valence-electron chi connectivity index (χ1n) is 20.2. The molecule has 0 spiro atoms. The number of likely N-dealkylation sites (N-methyl/N-ethyl adjacent to an activating group) is 1. The van der Waals surface area contributed by atoms with Crippen LogP contribution in [-0.4, -0.2) is 79.8 Å². The van der Waals surface area contributed by atoms with Crippen LogP contribution >= 0.6 is 7.82 Å². The Labute approximate surface area is 329 Å². The molecule has 0 saturated carbocycles. The summed E-state index contributed by atoms with van der Waals surface area (Å²) in [6, 6.07) is -1.03. The Balaban J connectivity index is 4.81. The second-order valence-electron chi connectivity index (χ2n) is 14.4. The van der Waals surface area contributed by atoms with E-state index in [2.05, 4.69) is 79.9 Å². The van der Waals surface area contributed by atoms with E-state index in [1.807, 2.05) is 39.4 Å². The number of nitrogens with zero attached hydrogens (tertiary/aromatic N) is 1. The SMILES string of the molecule is CC/C=C\C/C=C\C/C=C\C/C=C\C/C=C\C=C/C(O)CCC(=O)N[C@@H](COP(=O)([O-])OCC[N+](C)(C)C)[C@H](O)/C=C/CC/C=C\CCCCCCCC. The van der Waals surface area contributed by atoms with Crippen molar-refractivity contribution < 1.29 is 38.0 Å². The standard InChI is InChI=1S/C44H75N2O7P/c1-6-8-10-12-14-16-18-20-21-22-23-24-26-28-30-32-34-41(47)36-37-44(49)45-42(40-53-54(50,51)52-39-38-46(3,4)5)43(48)35-33-31-29-27-25-19-17-15-13-11-9-7-2/h8,10,14,16,20-21,23-25,27-28,30,32-35,41-43,47-48H,6-7,9,11-13,15,17-19,22,26,29,31,36-40H2,1-5H3,(H-,45,49,50,51)/b10-8-,16-14-,21-20-,24-23-,27-25-,30-28-,34-32-,35-33+/t41?,42-,43+/m0/s1. The number of aliphatic hydroxyl groups excluding tert-OH is 2. The normalized spacial score (nSPS) is 16.1. The maximum absolute atomic E-state index is 12.8. The molecular weight excluding hydrogens is 699 g/mol. The Morgan fingerprint density at radius 3 is 1.93 bits per heavy atom. The minimum atomic E-state index is -4.66. The van der Waals surface area contributed by atoms with Crippen molar-refractivity contribution in [2.45, 2.75) is 135 Å². The fourth-order valence-electron chi connectivity index (χ4n) is 4.86. The summed E-state index contributed by atoms with van der Waals surface area (Å²) in [4.78, 5) is 25.2. The Morgan fingerprint density at radius 1 is 0.722 bits per heavy atom. The second-order valence-corrected chi connectivity index (χ2v) is 15.9. The van der Waals surface area contributed by atoms with E-state index < -0.39 is 38.6 Å². The van der Waals surface area contributed by atoms with Gasteiger partial charge >= 0.3 is 0 Å². The van der Waals surface area contributed by atoms with Crippen molar-refractivity contribution in [3.63, 3.8) is 0 Å². The van der Waals surface area contributed by atoms with Crippen molar-refractivity contribution in [3.05, 3.63) is 97.2 Å². The molecule has 0 rings (SSSR count). The topological polar surface area (TPSA) is 128 Å². The fourth-order valence-corrected chi connectivity index (χ4v) is 5.58. The lowest BCUT2D eigenvalue weighted by Crippen LogP contribution is -2.46. The van der Waals surface area contributed by atoms with Gasteiger partial charge in [0.25, 0.3) is 7.82 Å². The summed E-state index contributed by atoms with van der Waals surface area (Å²) in [6.45, 7) is 4.25. The Bertz CT molecular complexity index is 1210. The van der Waals surface area contributed by atoms with E-state index in [1.165, 1.54) is 38.5 Å². The second kappa shape index (κ2) is 34.8. The molecule has 0 aliphatic carbocycles. The molecule has 2 unspecified atom stereocenters. The highest BCUT2D eigenvalue weighted by molar-refractivity contribution is 7.45. The van der Waals surface area contributed by atoms with Crippen molar-refractivity contribution in [1.82, 2.24) is 5.32 Å². The first-order valence-corrected chi connectivity index (χ1v) is 21.7. The van der Waals surface area contributed by atoms with Crippen LogP contribution in [0.25, 0.3) is 0 Å². The molecule has 0 aliphatic rings. The van der Waals surface area contributed by atoms with E-state index in [1.54, 1.807) is 18.2 Å². The van der Waals surface area contributed by atoms with Gasteiger partial charge in [-0.3, -0.25) is 9.36 Å². The molecule has 9 nitrogen and oxygen atoms in total. The van der Waals surface area contributed by atoms with Gasteiger partial charge in [-0.2, -0.15) is 0 Å². The van der Waals surface area contributed by atoms with Crippen LogP contribution in [0.1, 0.15) is 117 Å². The lowest BCUT2D eigenvalue weighted by molar-refractivity contribution is -0.870. The number of carbonyl (C=O) groups is 1. The van der Waals surface area contributed by atoms with Crippen molar-refractivity contribution in [2.24, 2.45) is 0 Å². The van der Waals surface area contributed by atoms with Gasteiger partial charge in [-0.25, -0.2) is 0 Å². The molecule has 10 heteroatoms. The number of aliphatic hydroxyl groups is 2. The Hall–Kier alpha value is -2.62. The molecule has 0 aliphatic heterocycles. The molecule has 4 atom stereocenters. The van der Waals surface area contributed by atoms with E-state index in [-0.39, 0.29) is 19.4 Å². The number of phosphoric acid groups is 1. The number of nitrogens with one attached hydrogen (secondary N) is 1. The molecule has 0 fully saturated rings. The van der Waals surface area contributed by atoms with Crippen LogP contribution in [0, 0.1) is 0 Å². The molecule has 0 heterocycles. The van der Waals surface area contributed by atoms with Crippen LogP contribution in [0.4, 0.5) is 0 Å². The summed E-state index contributed by atoms with van der Waals surface area (Å²) < 4.78 is 23.0. The minimum Gasteiger partial charge on any atom is -0.756 e. The molecule has 0 bridgehead atoms. The molecule has 308 valence electrons. The van der Waals surface area contributed by atoms with E-state index in [9.17, 15) is 24.5 Å². The fraction of sp³-hybridized carbons (Fsp3) is 0.614. The van der Waals surface area contributed by atoms with E-state index >= 15 is 0 Å². The van der Waals surface area contributed by atoms with Gasteiger partial charge in [-0.15, -0.1) is 0 Å².